The summed E-state index contributed by atoms with van der Waals surface area (Å²) < 4.78 is 79.4. The first-order valence-corrected chi connectivity index (χ1v) is 8.58. The second kappa shape index (κ2) is 7.53. The van der Waals surface area contributed by atoms with Gasteiger partial charge in [0.25, 0.3) is 0 Å². The predicted octanol–water partition coefficient (Wildman–Crippen LogP) is 4.11. The number of benzene rings is 2. The van der Waals surface area contributed by atoms with Crippen LogP contribution in [0.4, 0.5) is 26.3 Å². The van der Waals surface area contributed by atoms with E-state index in [1.165, 1.54) is 24.1 Å². The summed E-state index contributed by atoms with van der Waals surface area (Å²) in [6.07, 6.45) is -5.29. The molecular weight excluding hydrogens is 400 g/mol. The summed E-state index contributed by atoms with van der Waals surface area (Å²) in [6.45, 7) is -0.00316. The van der Waals surface area contributed by atoms with Crippen molar-refractivity contribution in [1.82, 2.24) is 4.90 Å². The molecule has 3 nitrogen and oxygen atoms in total. The summed E-state index contributed by atoms with van der Waals surface area (Å²) in [5, 5.41) is 0. The number of Topliss-reactive ketones (excluding diaryl/α,β-unsaturated/α-hetero) is 1. The van der Waals surface area contributed by atoms with E-state index in [0.29, 0.717) is 6.07 Å². The number of carbonyl (C=O) groups is 2. The van der Waals surface area contributed by atoms with Crippen molar-refractivity contribution < 1.29 is 35.9 Å². The maximum atomic E-state index is 13.9. The Morgan fingerprint density at radius 2 is 1.79 bits per heavy atom. The average molecular weight is 415 g/mol. The number of amides is 1. The SMILES string of the molecule is CN1C[C@H](c2cccc(C(F)(F)F)c2)[C@@H](C(=O)Cc2ccc(F)c(F)c2F)C1=O. The lowest BCUT2D eigenvalue weighted by Gasteiger charge is -2.18. The lowest BCUT2D eigenvalue weighted by molar-refractivity contribution is -0.137. The molecule has 0 aromatic heterocycles. The first kappa shape index (κ1) is 20.9. The van der Waals surface area contributed by atoms with Gasteiger partial charge in [0.05, 0.1) is 5.56 Å². The zero-order chi connectivity index (χ0) is 21.5. The van der Waals surface area contributed by atoms with Crippen LogP contribution in [-0.4, -0.2) is 30.2 Å². The normalized spacial score (nSPS) is 19.7. The maximum Gasteiger partial charge on any atom is 0.416 e. The zero-order valence-electron chi connectivity index (χ0n) is 15.1. The Labute approximate surface area is 161 Å². The van der Waals surface area contributed by atoms with E-state index in [9.17, 15) is 35.9 Å². The number of hydrogen-bond acceptors (Lipinski definition) is 2. The van der Waals surface area contributed by atoms with E-state index in [4.69, 9.17) is 0 Å². The van der Waals surface area contributed by atoms with Crippen molar-refractivity contribution in [3.05, 3.63) is 70.5 Å². The second-order valence-corrected chi connectivity index (χ2v) is 6.90. The van der Waals surface area contributed by atoms with Crippen LogP contribution in [0.25, 0.3) is 0 Å². The molecular formula is C20H15F6NO2. The number of likely N-dealkylation sites (N-methyl/N-ethyl adjacent to an activating group) is 1. The van der Waals surface area contributed by atoms with E-state index in [2.05, 4.69) is 0 Å². The lowest BCUT2D eigenvalue weighted by atomic mass is 9.83. The van der Waals surface area contributed by atoms with Crippen LogP contribution in [0.15, 0.2) is 36.4 Å². The molecule has 0 N–H and O–H groups in total. The van der Waals surface area contributed by atoms with Gasteiger partial charge in [-0.3, -0.25) is 9.59 Å². The van der Waals surface area contributed by atoms with Crippen LogP contribution in [0.5, 0.6) is 0 Å². The van der Waals surface area contributed by atoms with E-state index >= 15 is 0 Å². The zero-order valence-corrected chi connectivity index (χ0v) is 15.1. The minimum atomic E-state index is -4.60. The van der Waals surface area contributed by atoms with Gasteiger partial charge in [-0.1, -0.05) is 24.3 Å². The molecule has 0 spiro atoms. The fourth-order valence-electron chi connectivity index (χ4n) is 3.51. The van der Waals surface area contributed by atoms with Gasteiger partial charge in [-0.05, 0) is 23.3 Å². The molecule has 0 bridgehead atoms. The highest BCUT2D eigenvalue weighted by Gasteiger charge is 2.44. The van der Waals surface area contributed by atoms with E-state index in [1.54, 1.807) is 0 Å². The first-order chi connectivity index (χ1) is 13.5. The lowest BCUT2D eigenvalue weighted by Crippen LogP contribution is -2.29. The number of alkyl halides is 3. The topological polar surface area (TPSA) is 37.4 Å². The largest absolute Gasteiger partial charge is 0.416 e. The Morgan fingerprint density at radius 3 is 2.45 bits per heavy atom. The standard InChI is InChI=1S/C20H15F6NO2/c1-27-9-13(10-3-2-4-12(7-10)20(24,25)26)16(19(27)29)15(28)8-11-5-6-14(21)18(23)17(11)22/h2-7,13,16H,8-9H2,1H3/t13-,16+/m1/s1. The average Bonchev–Trinajstić information content (AvgIpc) is 2.96. The summed E-state index contributed by atoms with van der Waals surface area (Å²) >= 11 is 0. The fraction of sp³-hybridized carbons (Fsp3) is 0.300. The van der Waals surface area contributed by atoms with Crippen LogP contribution in [-0.2, 0) is 22.2 Å². The van der Waals surface area contributed by atoms with Crippen LogP contribution in [0.1, 0.15) is 22.6 Å². The first-order valence-electron chi connectivity index (χ1n) is 8.58. The smallest absolute Gasteiger partial charge is 0.344 e. The van der Waals surface area contributed by atoms with E-state index in [-0.39, 0.29) is 12.1 Å². The Balaban J connectivity index is 1.93. The molecule has 1 aliphatic heterocycles. The van der Waals surface area contributed by atoms with Gasteiger partial charge < -0.3 is 4.90 Å². The van der Waals surface area contributed by atoms with Gasteiger partial charge in [0, 0.05) is 25.9 Å². The Kier molecular flexibility index (Phi) is 5.42. The molecule has 1 aliphatic rings. The van der Waals surface area contributed by atoms with Crippen molar-refractivity contribution in [3.63, 3.8) is 0 Å². The molecule has 1 amide bonds. The summed E-state index contributed by atoms with van der Waals surface area (Å²) in [5.74, 6) is -8.33. The number of likely N-dealkylation sites (tertiary alicyclic amines) is 1. The van der Waals surface area contributed by atoms with E-state index < -0.39 is 64.7 Å². The molecule has 9 heteroatoms. The van der Waals surface area contributed by atoms with Gasteiger partial charge in [-0.25, -0.2) is 13.2 Å². The van der Waals surface area contributed by atoms with E-state index in [0.717, 1.165) is 18.2 Å². The molecule has 0 saturated carbocycles. The number of hydrogen-bond donors (Lipinski definition) is 0. The van der Waals surface area contributed by atoms with Crippen molar-refractivity contribution >= 4 is 11.7 Å². The molecule has 1 saturated heterocycles. The summed E-state index contributed by atoms with van der Waals surface area (Å²) in [4.78, 5) is 26.4. The summed E-state index contributed by atoms with van der Waals surface area (Å²) in [5.41, 5.74) is -1.21. The highest BCUT2D eigenvalue weighted by molar-refractivity contribution is 6.04. The van der Waals surface area contributed by atoms with Crippen LogP contribution in [0.3, 0.4) is 0 Å². The van der Waals surface area contributed by atoms with Gasteiger partial charge in [0.15, 0.2) is 17.5 Å². The fourth-order valence-corrected chi connectivity index (χ4v) is 3.51. The quantitative estimate of drug-likeness (QED) is 0.428. The van der Waals surface area contributed by atoms with Gasteiger partial charge >= 0.3 is 6.18 Å². The summed E-state index contributed by atoms with van der Waals surface area (Å²) in [7, 11) is 1.40. The molecule has 29 heavy (non-hydrogen) atoms. The third-order valence-electron chi connectivity index (χ3n) is 4.98. The van der Waals surface area contributed by atoms with Crippen molar-refractivity contribution in [1.29, 1.82) is 0 Å². The van der Waals surface area contributed by atoms with Crippen LogP contribution >= 0.6 is 0 Å². The number of carbonyl (C=O) groups excluding carboxylic acids is 2. The molecule has 2 aromatic rings. The molecule has 154 valence electrons. The van der Waals surface area contributed by atoms with Crippen LogP contribution < -0.4 is 0 Å². The Bertz CT molecular complexity index is 972. The van der Waals surface area contributed by atoms with E-state index in [1.807, 2.05) is 0 Å². The number of rotatable bonds is 4. The van der Waals surface area contributed by atoms with Gasteiger partial charge in [-0.15, -0.1) is 0 Å². The van der Waals surface area contributed by atoms with Crippen molar-refractivity contribution in [2.75, 3.05) is 13.6 Å². The van der Waals surface area contributed by atoms with Gasteiger partial charge in [0.2, 0.25) is 5.91 Å². The minimum absolute atomic E-state index is 0.00316. The molecule has 1 heterocycles. The maximum absolute atomic E-state index is 13.9. The van der Waals surface area contributed by atoms with Crippen LogP contribution in [0.2, 0.25) is 0 Å². The third-order valence-corrected chi connectivity index (χ3v) is 4.98. The molecule has 2 aromatic carbocycles. The number of nitrogens with zero attached hydrogens (tertiary/aromatic N) is 1. The third kappa shape index (κ3) is 3.99. The number of ketones is 1. The molecule has 2 atom stereocenters. The minimum Gasteiger partial charge on any atom is -0.344 e. The highest BCUT2D eigenvalue weighted by atomic mass is 19.4. The van der Waals surface area contributed by atoms with Crippen LogP contribution in [0, 0.1) is 23.4 Å². The molecule has 3 rings (SSSR count). The highest BCUT2D eigenvalue weighted by Crippen LogP contribution is 2.37. The second-order valence-electron chi connectivity index (χ2n) is 6.90. The molecule has 0 unspecified atom stereocenters. The Morgan fingerprint density at radius 1 is 1.10 bits per heavy atom. The van der Waals surface area contributed by atoms with Gasteiger partial charge in [0.1, 0.15) is 11.7 Å². The molecule has 0 radical (unpaired) electrons. The Hall–Kier alpha value is -2.84. The monoisotopic (exact) mass is 415 g/mol. The van der Waals surface area contributed by atoms with Crippen molar-refractivity contribution in [2.45, 2.75) is 18.5 Å². The summed E-state index contributed by atoms with van der Waals surface area (Å²) in [6, 6.07) is 5.86. The predicted molar refractivity (Wildman–Crippen MR) is 90.3 cm³/mol. The van der Waals surface area contributed by atoms with Crippen molar-refractivity contribution in [2.24, 2.45) is 5.92 Å². The number of halogens is 6. The van der Waals surface area contributed by atoms with Crippen molar-refractivity contribution in [3.8, 4) is 0 Å². The molecule has 1 fully saturated rings. The molecule has 0 aliphatic carbocycles. The van der Waals surface area contributed by atoms with Gasteiger partial charge in [-0.2, -0.15) is 13.2 Å².